The fraction of sp³-hybridized carbons (Fsp3) is 0.400. The Kier molecular flexibility index (Phi) is 3.13. The van der Waals surface area contributed by atoms with Gasteiger partial charge < -0.3 is 11.1 Å². The van der Waals surface area contributed by atoms with Gasteiger partial charge in [-0.3, -0.25) is 0 Å². The summed E-state index contributed by atoms with van der Waals surface area (Å²) in [4.78, 5) is 0.258. The monoisotopic (exact) mass is 241 g/mol. The maximum atomic E-state index is 11.9. The summed E-state index contributed by atoms with van der Waals surface area (Å²) in [7, 11) is -3.41. The smallest absolute Gasteiger partial charge is 0.240 e. The van der Waals surface area contributed by atoms with Crippen LogP contribution in [-0.4, -0.2) is 27.5 Å². The van der Waals surface area contributed by atoms with Crippen LogP contribution in [0.25, 0.3) is 0 Å². The number of anilines is 1. The Labute approximate surface area is 95.1 Å². The van der Waals surface area contributed by atoms with E-state index in [4.69, 9.17) is 5.73 Å². The molecule has 1 atom stereocenters. The molecule has 1 aromatic rings. The van der Waals surface area contributed by atoms with E-state index in [9.17, 15) is 8.42 Å². The molecule has 5 nitrogen and oxygen atoms in total. The molecule has 4 N–H and O–H groups in total. The van der Waals surface area contributed by atoms with Gasteiger partial charge in [0.15, 0.2) is 0 Å². The van der Waals surface area contributed by atoms with Crippen LogP contribution in [0.15, 0.2) is 29.2 Å². The van der Waals surface area contributed by atoms with Gasteiger partial charge in [-0.15, -0.1) is 0 Å². The molecule has 0 aromatic heterocycles. The molecular weight excluding hydrogens is 226 g/mol. The van der Waals surface area contributed by atoms with E-state index in [1.54, 1.807) is 12.1 Å². The summed E-state index contributed by atoms with van der Waals surface area (Å²) in [6, 6.07) is 6.19. The van der Waals surface area contributed by atoms with Crippen LogP contribution >= 0.6 is 0 Å². The van der Waals surface area contributed by atoms with Crippen LogP contribution in [0.4, 0.5) is 5.69 Å². The average Bonchev–Trinajstić information content (AvgIpc) is 2.70. The first-order chi connectivity index (χ1) is 7.58. The minimum absolute atomic E-state index is 0.0115. The lowest BCUT2D eigenvalue weighted by Crippen LogP contribution is -2.36. The lowest BCUT2D eigenvalue weighted by Gasteiger charge is -2.11. The highest BCUT2D eigenvalue weighted by Crippen LogP contribution is 2.13. The standard InChI is InChI=1S/C10H15N3O2S/c11-8-1-3-10(4-2-8)16(14,15)13-9-5-6-12-7-9/h1-4,9,12-13H,5-7,11H2. The molecule has 2 rings (SSSR count). The van der Waals surface area contributed by atoms with Crippen LogP contribution in [0, 0.1) is 0 Å². The van der Waals surface area contributed by atoms with Gasteiger partial charge in [-0.2, -0.15) is 0 Å². The van der Waals surface area contributed by atoms with Crippen molar-refractivity contribution in [1.29, 1.82) is 0 Å². The first kappa shape index (κ1) is 11.4. The minimum Gasteiger partial charge on any atom is -0.399 e. The van der Waals surface area contributed by atoms with Gasteiger partial charge in [0.05, 0.1) is 4.90 Å². The second-order valence-electron chi connectivity index (χ2n) is 3.88. The summed E-state index contributed by atoms with van der Waals surface area (Å²) < 4.78 is 26.5. The Morgan fingerprint density at radius 1 is 1.31 bits per heavy atom. The summed E-state index contributed by atoms with van der Waals surface area (Å²) in [6.07, 6.45) is 0.828. The van der Waals surface area contributed by atoms with Crippen LogP contribution in [0.3, 0.4) is 0 Å². The van der Waals surface area contributed by atoms with Gasteiger partial charge in [-0.1, -0.05) is 0 Å². The van der Waals surface area contributed by atoms with Crippen molar-refractivity contribution in [2.45, 2.75) is 17.4 Å². The Hall–Kier alpha value is -1.11. The van der Waals surface area contributed by atoms with Crippen LogP contribution in [-0.2, 0) is 10.0 Å². The summed E-state index contributed by atoms with van der Waals surface area (Å²) in [6.45, 7) is 1.54. The van der Waals surface area contributed by atoms with Gasteiger partial charge in [0.1, 0.15) is 0 Å². The van der Waals surface area contributed by atoms with E-state index < -0.39 is 10.0 Å². The Morgan fingerprint density at radius 3 is 2.56 bits per heavy atom. The highest BCUT2D eigenvalue weighted by atomic mass is 32.2. The third-order valence-electron chi connectivity index (χ3n) is 2.57. The van der Waals surface area contributed by atoms with Crippen LogP contribution in [0.2, 0.25) is 0 Å². The summed E-state index contributed by atoms with van der Waals surface area (Å²) in [5.74, 6) is 0. The third kappa shape index (κ3) is 2.52. The van der Waals surface area contributed by atoms with E-state index in [1.807, 2.05) is 0 Å². The fourth-order valence-corrected chi connectivity index (χ4v) is 2.96. The summed E-state index contributed by atoms with van der Waals surface area (Å²) in [5, 5.41) is 3.11. The summed E-state index contributed by atoms with van der Waals surface area (Å²) in [5.41, 5.74) is 6.07. The van der Waals surface area contributed by atoms with Gasteiger partial charge in [0.2, 0.25) is 10.0 Å². The van der Waals surface area contributed by atoms with Crippen molar-refractivity contribution in [1.82, 2.24) is 10.0 Å². The number of sulfonamides is 1. The van der Waals surface area contributed by atoms with Crippen molar-refractivity contribution in [3.05, 3.63) is 24.3 Å². The lowest BCUT2D eigenvalue weighted by molar-refractivity contribution is 0.560. The Bertz CT molecular complexity index is 449. The molecule has 1 aliphatic heterocycles. The predicted molar refractivity (Wildman–Crippen MR) is 62.5 cm³/mol. The van der Waals surface area contributed by atoms with Gasteiger partial charge >= 0.3 is 0 Å². The normalized spacial score (nSPS) is 21.1. The lowest BCUT2D eigenvalue weighted by atomic mass is 10.3. The van der Waals surface area contributed by atoms with Crippen LogP contribution in [0.1, 0.15) is 6.42 Å². The van der Waals surface area contributed by atoms with E-state index >= 15 is 0 Å². The number of rotatable bonds is 3. The molecule has 1 aliphatic rings. The predicted octanol–water partition coefficient (Wildman–Crippen LogP) is -0.0910. The molecule has 6 heteroatoms. The zero-order valence-electron chi connectivity index (χ0n) is 8.81. The topological polar surface area (TPSA) is 84.2 Å². The van der Waals surface area contributed by atoms with E-state index in [0.29, 0.717) is 12.2 Å². The SMILES string of the molecule is Nc1ccc(S(=O)(=O)NC2CCNC2)cc1. The molecule has 0 spiro atoms. The van der Waals surface area contributed by atoms with Crippen LogP contribution in [0.5, 0.6) is 0 Å². The van der Waals surface area contributed by atoms with Gasteiger partial charge in [-0.25, -0.2) is 13.1 Å². The van der Waals surface area contributed by atoms with Crippen molar-refractivity contribution in [3.8, 4) is 0 Å². The molecule has 0 saturated carbocycles. The quantitative estimate of drug-likeness (QED) is 0.646. The van der Waals surface area contributed by atoms with Crippen molar-refractivity contribution in [2.24, 2.45) is 0 Å². The summed E-state index contributed by atoms with van der Waals surface area (Å²) >= 11 is 0. The molecule has 0 amide bonds. The number of nitrogens with two attached hydrogens (primary N) is 1. The minimum atomic E-state index is -3.41. The molecular formula is C10H15N3O2S. The van der Waals surface area contributed by atoms with Crippen molar-refractivity contribution >= 4 is 15.7 Å². The van der Waals surface area contributed by atoms with Crippen LogP contribution < -0.4 is 15.8 Å². The number of hydrogen-bond acceptors (Lipinski definition) is 4. The number of nitrogens with one attached hydrogen (secondary N) is 2. The Morgan fingerprint density at radius 2 is 2.00 bits per heavy atom. The molecule has 0 bridgehead atoms. The van der Waals surface area contributed by atoms with Gasteiger partial charge in [0.25, 0.3) is 0 Å². The molecule has 0 radical (unpaired) electrons. The number of benzene rings is 1. The first-order valence-corrected chi connectivity index (χ1v) is 6.65. The molecule has 88 valence electrons. The first-order valence-electron chi connectivity index (χ1n) is 5.16. The van der Waals surface area contributed by atoms with E-state index in [-0.39, 0.29) is 10.9 Å². The van der Waals surface area contributed by atoms with Gasteiger partial charge in [-0.05, 0) is 37.2 Å². The number of hydrogen-bond donors (Lipinski definition) is 3. The molecule has 16 heavy (non-hydrogen) atoms. The van der Waals surface area contributed by atoms with E-state index in [0.717, 1.165) is 13.0 Å². The van der Waals surface area contributed by atoms with Crippen molar-refractivity contribution in [3.63, 3.8) is 0 Å². The maximum absolute atomic E-state index is 11.9. The van der Waals surface area contributed by atoms with E-state index in [1.165, 1.54) is 12.1 Å². The average molecular weight is 241 g/mol. The van der Waals surface area contributed by atoms with Crippen molar-refractivity contribution in [2.75, 3.05) is 18.8 Å². The maximum Gasteiger partial charge on any atom is 0.240 e. The molecule has 1 unspecified atom stereocenters. The largest absolute Gasteiger partial charge is 0.399 e. The zero-order valence-corrected chi connectivity index (χ0v) is 9.63. The highest BCUT2D eigenvalue weighted by Gasteiger charge is 2.22. The highest BCUT2D eigenvalue weighted by molar-refractivity contribution is 7.89. The van der Waals surface area contributed by atoms with E-state index in [2.05, 4.69) is 10.0 Å². The third-order valence-corrected chi connectivity index (χ3v) is 4.11. The van der Waals surface area contributed by atoms with Gasteiger partial charge in [0, 0.05) is 18.3 Å². The molecule has 0 aliphatic carbocycles. The second kappa shape index (κ2) is 4.40. The molecule has 1 saturated heterocycles. The number of nitrogen functional groups attached to an aromatic ring is 1. The zero-order chi connectivity index (χ0) is 11.6. The molecule has 1 aromatic carbocycles. The van der Waals surface area contributed by atoms with Crippen molar-refractivity contribution < 1.29 is 8.42 Å². The molecule has 1 heterocycles. The molecule has 1 fully saturated rings. The second-order valence-corrected chi connectivity index (χ2v) is 5.59. The Balaban J connectivity index is 2.14. The fourth-order valence-electron chi connectivity index (χ4n) is 1.69.